The van der Waals surface area contributed by atoms with Gasteiger partial charge in [0.2, 0.25) is 5.91 Å². The SMILES string of the molecule is CC[C@H](C)NC(=O)CN1CC[C@@H](C(=O)O)C1. The first-order valence-electron chi connectivity index (χ1n) is 5.77. The van der Waals surface area contributed by atoms with E-state index in [0.717, 1.165) is 6.42 Å². The maximum absolute atomic E-state index is 11.5. The molecule has 92 valence electrons. The molecule has 2 N–H and O–H groups in total. The van der Waals surface area contributed by atoms with Gasteiger partial charge in [0.15, 0.2) is 0 Å². The number of aliphatic carboxylic acids is 1. The monoisotopic (exact) mass is 228 g/mol. The Hall–Kier alpha value is -1.10. The fourth-order valence-corrected chi connectivity index (χ4v) is 1.80. The molecule has 1 fully saturated rings. The van der Waals surface area contributed by atoms with Crippen molar-refractivity contribution in [3.8, 4) is 0 Å². The van der Waals surface area contributed by atoms with Crippen molar-refractivity contribution in [3.63, 3.8) is 0 Å². The van der Waals surface area contributed by atoms with Gasteiger partial charge in [-0.3, -0.25) is 14.5 Å². The van der Waals surface area contributed by atoms with Crippen LogP contribution in [0.4, 0.5) is 0 Å². The lowest BCUT2D eigenvalue weighted by atomic mass is 10.1. The van der Waals surface area contributed by atoms with Crippen molar-refractivity contribution < 1.29 is 14.7 Å². The van der Waals surface area contributed by atoms with Gasteiger partial charge in [-0.2, -0.15) is 0 Å². The highest BCUT2D eigenvalue weighted by Crippen LogP contribution is 2.15. The summed E-state index contributed by atoms with van der Waals surface area (Å²) in [5, 5.41) is 11.7. The highest BCUT2D eigenvalue weighted by atomic mass is 16.4. The van der Waals surface area contributed by atoms with E-state index in [-0.39, 0.29) is 17.9 Å². The second kappa shape index (κ2) is 5.84. The van der Waals surface area contributed by atoms with Crippen molar-refractivity contribution in [1.82, 2.24) is 10.2 Å². The maximum atomic E-state index is 11.5. The first-order chi connectivity index (χ1) is 7.52. The van der Waals surface area contributed by atoms with Crippen LogP contribution in [0.3, 0.4) is 0 Å². The van der Waals surface area contributed by atoms with Crippen LogP contribution in [0.1, 0.15) is 26.7 Å². The van der Waals surface area contributed by atoms with E-state index in [4.69, 9.17) is 5.11 Å². The molecule has 0 aliphatic carbocycles. The van der Waals surface area contributed by atoms with Crippen molar-refractivity contribution >= 4 is 11.9 Å². The third kappa shape index (κ3) is 3.81. The summed E-state index contributed by atoms with van der Waals surface area (Å²) in [5.41, 5.74) is 0. The van der Waals surface area contributed by atoms with Gasteiger partial charge < -0.3 is 10.4 Å². The van der Waals surface area contributed by atoms with Crippen LogP contribution in [0.25, 0.3) is 0 Å². The summed E-state index contributed by atoms with van der Waals surface area (Å²) in [5.74, 6) is -1.08. The van der Waals surface area contributed by atoms with Crippen molar-refractivity contribution in [1.29, 1.82) is 0 Å². The lowest BCUT2D eigenvalue weighted by Gasteiger charge is -2.17. The molecule has 0 aromatic carbocycles. The predicted molar refractivity (Wildman–Crippen MR) is 60.1 cm³/mol. The minimum absolute atomic E-state index is 0.0135. The number of amides is 1. The van der Waals surface area contributed by atoms with Crippen molar-refractivity contribution in [2.75, 3.05) is 19.6 Å². The molecule has 5 heteroatoms. The van der Waals surface area contributed by atoms with Crippen molar-refractivity contribution in [2.24, 2.45) is 5.92 Å². The summed E-state index contributed by atoms with van der Waals surface area (Å²) < 4.78 is 0. The molecular formula is C11H20N2O3. The number of carbonyl (C=O) groups excluding carboxylic acids is 1. The van der Waals surface area contributed by atoms with E-state index in [9.17, 15) is 9.59 Å². The number of carboxylic acids is 1. The minimum atomic E-state index is -0.759. The van der Waals surface area contributed by atoms with E-state index in [2.05, 4.69) is 5.32 Å². The van der Waals surface area contributed by atoms with Crippen LogP contribution in [0.15, 0.2) is 0 Å². The fraction of sp³-hybridized carbons (Fsp3) is 0.818. The van der Waals surface area contributed by atoms with E-state index in [1.807, 2.05) is 18.7 Å². The van der Waals surface area contributed by atoms with E-state index in [1.165, 1.54) is 0 Å². The molecule has 1 aliphatic rings. The molecule has 1 heterocycles. The van der Waals surface area contributed by atoms with Gasteiger partial charge in [0.05, 0.1) is 12.5 Å². The molecule has 0 unspecified atom stereocenters. The van der Waals surface area contributed by atoms with E-state index < -0.39 is 5.97 Å². The average molecular weight is 228 g/mol. The van der Waals surface area contributed by atoms with E-state index in [0.29, 0.717) is 26.1 Å². The number of hydrogen-bond donors (Lipinski definition) is 2. The Kier molecular flexibility index (Phi) is 4.73. The Morgan fingerprint density at radius 1 is 1.56 bits per heavy atom. The molecule has 1 saturated heterocycles. The zero-order chi connectivity index (χ0) is 12.1. The number of likely N-dealkylation sites (tertiary alicyclic amines) is 1. The Morgan fingerprint density at radius 2 is 2.25 bits per heavy atom. The van der Waals surface area contributed by atoms with Gasteiger partial charge in [0, 0.05) is 12.6 Å². The van der Waals surface area contributed by atoms with Crippen molar-refractivity contribution in [2.45, 2.75) is 32.7 Å². The summed E-state index contributed by atoms with van der Waals surface area (Å²) in [4.78, 5) is 24.2. The molecule has 5 nitrogen and oxygen atoms in total. The van der Waals surface area contributed by atoms with Crippen molar-refractivity contribution in [3.05, 3.63) is 0 Å². The number of nitrogens with zero attached hydrogens (tertiary/aromatic N) is 1. The molecule has 0 radical (unpaired) electrons. The summed E-state index contributed by atoms with van der Waals surface area (Å²) in [6.07, 6.45) is 1.55. The third-order valence-electron chi connectivity index (χ3n) is 3.01. The molecular weight excluding hydrogens is 208 g/mol. The molecule has 0 aromatic heterocycles. The van der Waals surface area contributed by atoms with Gasteiger partial charge in [-0.25, -0.2) is 0 Å². The number of carbonyl (C=O) groups is 2. The van der Waals surface area contributed by atoms with E-state index >= 15 is 0 Å². The fourth-order valence-electron chi connectivity index (χ4n) is 1.80. The van der Waals surface area contributed by atoms with Crippen LogP contribution in [0, 0.1) is 5.92 Å². The largest absolute Gasteiger partial charge is 0.481 e. The minimum Gasteiger partial charge on any atom is -0.481 e. The molecule has 0 spiro atoms. The Balaban J connectivity index is 2.28. The van der Waals surface area contributed by atoms with Crippen LogP contribution in [0.2, 0.25) is 0 Å². The summed E-state index contributed by atoms with van der Waals surface area (Å²) >= 11 is 0. The van der Waals surface area contributed by atoms with Crippen LogP contribution >= 0.6 is 0 Å². The second-order valence-electron chi connectivity index (χ2n) is 4.44. The smallest absolute Gasteiger partial charge is 0.307 e. The standard InChI is InChI=1S/C11H20N2O3/c1-3-8(2)12-10(14)7-13-5-4-9(6-13)11(15)16/h8-9H,3-7H2,1-2H3,(H,12,14)(H,15,16)/t8-,9+/m0/s1. The molecule has 1 rings (SSSR count). The summed E-state index contributed by atoms with van der Waals surface area (Å²) in [6.45, 7) is 5.48. The molecule has 2 atom stereocenters. The summed E-state index contributed by atoms with van der Waals surface area (Å²) in [7, 11) is 0. The maximum Gasteiger partial charge on any atom is 0.307 e. The highest BCUT2D eigenvalue weighted by Gasteiger charge is 2.28. The lowest BCUT2D eigenvalue weighted by Crippen LogP contribution is -2.40. The molecule has 16 heavy (non-hydrogen) atoms. The normalized spacial score (nSPS) is 23.0. The van der Waals surface area contributed by atoms with Crippen LogP contribution in [0.5, 0.6) is 0 Å². The summed E-state index contributed by atoms with van der Waals surface area (Å²) in [6, 6.07) is 0.186. The molecule has 0 bridgehead atoms. The van der Waals surface area contributed by atoms with Gasteiger partial charge in [-0.05, 0) is 26.3 Å². The first-order valence-corrected chi connectivity index (χ1v) is 5.77. The Labute approximate surface area is 95.8 Å². The Bertz CT molecular complexity index is 268. The molecule has 1 aliphatic heterocycles. The highest BCUT2D eigenvalue weighted by molar-refractivity contribution is 5.78. The van der Waals surface area contributed by atoms with Crippen LogP contribution in [-0.2, 0) is 9.59 Å². The average Bonchev–Trinajstić information content (AvgIpc) is 2.65. The lowest BCUT2D eigenvalue weighted by molar-refractivity contribution is -0.141. The van der Waals surface area contributed by atoms with Crippen LogP contribution in [-0.4, -0.2) is 47.6 Å². The van der Waals surface area contributed by atoms with Gasteiger partial charge >= 0.3 is 5.97 Å². The van der Waals surface area contributed by atoms with Gasteiger partial charge in [-0.15, -0.1) is 0 Å². The van der Waals surface area contributed by atoms with E-state index in [1.54, 1.807) is 0 Å². The predicted octanol–water partition coefficient (Wildman–Crippen LogP) is 0.308. The molecule has 0 aromatic rings. The Morgan fingerprint density at radius 3 is 2.75 bits per heavy atom. The van der Waals surface area contributed by atoms with Crippen LogP contribution < -0.4 is 5.32 Å². The van der Waals surface area contributed by atoms with Gasteiger partial charge in [0.25, 0.3) is 0 Å². The number of nitrogens with one attached hydrogen (secondary N) is 1. The molecule has 1 amide bonds. The van der Waals surface area contributed by atoms with Gasteiger partial charge in [-0.1, -0.05) is 6.92 Å². The number of hydrogen-bond acceptors (Lipinski definition) is 3. The second-order valence-corrected chi connectivity index (χ2v) is 4.44. The zero-order valence-corrected chi connectivity index (χ0v) is 9.90. The third-order valence-corrected chi connectivity index (χ3v) is 3.01. The topological polar surface area (TPSA) is 69.6 Å². The zero-order valence-electron chi connectivity index (χ0n) is 9.90. The number of carboxylic acid groups (broad SMARTS) is 1. The molecule has 0 saturated carbocycles. The quantitative estimate of drug-likeness (QED) is 0.710. The van der Waals surface area contributed by atoms with Gasteiger partial charge in [0.1, 0.15) is 0 Å². The first kappa shape index (κ1) is 13.0. The number of rotatable bonds is 5.